The van der Waals surface area contributed by atoms with Gasteiger partial charge in [-0.2, -0.15) is 4.98 Å². The summed E-state index contributed by atoms with van der Waals surface area (Å²) in [5.74, 6) is 1.36. The minimum absolute atomic E-state index is 0.226. The number of hydrogen-bond acceptors (Lipinski definition) is 5. The average Bonchev–Trinajstić information content (AvgIpc) is 2.98. The van der Waals surface area contributed by atoms with Gasteiger partial charge in [-0.3, -0.25) is 0 Å². The van der Waals surface area contributed by atoms with Crippen LogP contribution in [0.3, 0.4) is 0 Å². The number of hydrogen-bond donors (Lipinski definition) is 1. The summed E-state index contributed by atoms with van der Waals surface area (Å²) < 4.78 is 23.9. The fraction of sp³-hybridized carbons (Fsp3) is 0.429. The maximum atomic E-state index is 13.4. The first-order valence-electron chi connectivity index (χ1n) is 6.66. The van der Waals surface area contributed by atoms with Crippen LogP contribution in [0.1, 0.15) is 24.7 Å². The first kappa shape index (κ1) is 13.1. The normalized spacial score (nSPS) is 19.0. The van der Waals surface area contributed by atoms with Crippen LogP contribution in [-0.4, -0.2) is 30.3 Å². The van der Waals surface area contributed by atoms with Crippen molar-refractivity contribution >= 4 is 0 Å². The van der Waals surface area contributed by atoms with Gasteiger partial charge in [0.15, 0.2) is 0 Å². The van der Waals surface area contributed by atoms with Crippen molar-refractivity contribution in [3.8, 4) is 17.1 Å². The number of aromatic nitrogens is 2. The second-order valence-corrected chi connectivity index (χ2v) is 4.84. The topological polar surface area (TPSA) is 60.2 Å². The quantitative estimate of drug-likeness (QED) is 0.933. The molecule has 1 fully saturated rings. The first-order valence-corrected chi connectivity index (χ1v) is 6.66. The van der Waals surface area contributed by atoms with Crippen LogP contribution in [0.4, 0.5) is 4.39 Å². The standard InChI is InChI=1S/C14H16FN3O2/c1-19-12-5-4-10(15)7-11(12)13-17-14(20-18-13)9-3-2-6-16-8-9/h4-5,7,9,16H,2-3,6,8H2,1H3. The summed E-state index contributed by atoms with van der Waals surface area (Å²) in [5, 5.41) is 7.25. The van der Waals surface area contributed by atoms with Crippen LogP contribution < -0.4 is 10.1 Å². The summed E-state index contributed by atoms with van der Waals surface area (Å²) >= 11 is 0. The largest absolute Gasteiger partial charge is 0.496 e. The lowest BCUT2D eigenvalue weighted by molar-refractivity contribution is 0.322. The highest BCUT2D eigenvalue weighted by Crippen LogP contribution is 2.30. The van der Waals surface area contributed by atoms with Gasteiger partial charge in [0.1, 0.15) is 11.6 Å². The maximum absolute atomic E-state index is 13.4. The molecule has 1 aromatic carbocycles. The molecule has 1 atom stereocenters. The van der Waals surface area contributed by atoms with Crippen LogP contribution in [0, 0.1) is 5.82 Å². The molecule has 5 nitrogen and oxygen atoms in total. The fourth-order valence-electron chi connectivity index (χ4n) is 2.43. The predicted octanol–water partition coefficient (Wildman–Crippen LogP) is 2.35. The smallest absolute Gasteiger partial charge is 0.231 e. The molecule has 1 aromatic heterocycles. The van der Waals surface area contributed by atoms with E-state index in [-0.39, 0.29) is 11.7 Å². The van der Waals surface area contributed by atoms with Gasteiger partial charge in [-0.25, -0.2) is 4.39 Å². The van der Waals surface area contributed by atoms with Gasteiger partial charge in [-0.15, -0.1) is 0 Å². The molecule has 1 saturated heterocycles. The minimum Gasteiger partial charge on any atom is -0.496 e. The zero-order valence-electron chi connectivity index (χ0n) is 11.2. The molecule has 0 saturated carbocycles. The lowest BCUT2D eigenvalue weighted by Crippen LogP contribution is -2.28. The molecular weight excluding hydrogens is 261 g/mol. The van der Waals surface area contributed by atoms with Gasteiger partial charge in [-0.1, -0.05) is 5.16 Å². The lowest BCUT2D eigenvalue weighted by atomic mass is 10.00. The van der Waals surface area contributed by atoms with Gasteiger partial charge >= 0.3 is 0 Å². The second-order valence-electron chi connectivity index (χ2n) is 4.84. The van der Waals surface area contributed by atoms with Crippen LogP contribution in [0.15, 0.2) is 22.7 Å². The Morgan fingerprint density at radius 2 is 2.35 bits per heavy atom. The molecule has 0 bridgehead atoms. The van der Waals surface area contributed by atoms with Crippen LogP contribution >= 0.6 is 0 Å². The number of rotatable bonds is 3. The SMILES string of the molecule is COc1ccc(F)cc1-c1noc(C2CCCNC2)n1. The van der Waals surface area contributed by atoms with Crippen LogP contribution in [0.2, 0.25) is 0 Å². The van der Waals surface area contributed by atoms with E-state index in [1.165, 1.54) is 19.2 Å². The summed E-state index contributed by atoms with van der Waals surface area (Å²) in [4.78, 5) is 4.39. The fourth-order valence-corrected chi connectivity index (χ4v) is 2.43. The molecule has 0 amide bonds. The molecule has 20 heavy (non-hydrogen) atoms. The number of ether oxygens (including phenoxy) is 1. The van der Waals surface area contributed by atoms with Crippen molar-refractivity contribution in [1.82, 2.24) is 15.5 Å². The highest BCUT2D eigenvalue weighted by Gasteiger charge is 2.22. The summed E-state index contributed by atoms with van der Waals surface area (Å²) in [5.41, 5.74) is 0.506. The molecule has 2 heterocycles. The third-order valence-corrected chi connectivity index (χ3v) is 3.49. The highest BCUT2D eigenvalue weighted by molar-refractivity contribution is 5.63. The van der Waals surface area contributed by atoms with Crippen molar-refractivity contribution in [2.24, 2.45) is 0 Å². The van der Waals surface area contributed by atoms with Crippen molar-refractivity contribution in [2.45, 2.75) is 18.8 Å². The number of benzene rings is 1. The van der Waals surface area contributed by atoms with E-state index in [4.69, 9.17) is 9.26 Å². The van der Waals surface area contributed by atoms with E-state index >= 15 is 0 Å². The molecule has 0 spiro atoms. The zero-order chi connectivity index (χ0) is 13.9. The number of methoxy groups -OCH3 is 1. The van der Waals surface area contributed by atoms with Gasteiger partial charge in [-0.05, 0) is 37.6 Å². The second kappa shape index (κ2) is 5.58. The van der Waals surface area contributed by atoms with Crippen molar-refractivity contribution in [3.05, 3.63) is 29.9 Å². The third-order valence-electron chi connectivity index (χ3n) is 3.49. The molecular formula is C14H16FN3O2. The Morgan fingerprint density at radius 1 is 1.45 bits per heavy atom. The van der Waals surface area contributed by atoms with Crippen molar-refractivity contribution in [2.75, 3.05) is 20.2 Å². The van der Waals surface area contributed by atoms with Gasteiger partial charge in [0.25, 0.3) is 0 Å². The molecule has 2 aromatic rings. The minimum atomic E-state index is -0.355. The predicted molar refractivity (Wildman–Crippen MR) is 71.1 cm³/mol. The third kappa shape index (κ3) is 2.51. The zero-order valence-corrected chi connectivity index (χ0v) is 11.2. The van der Waals surface area contributed by atoms with Gasteiger partial charge in [0.2, 0.25) is 11.7 Å². The summed E-state index contributed by atoms with van der Waals surface area (Å²) in [6.07, 6.45) is 2.11. The Balaban J connectivity index is 1.91. The van der Waals surface area contributed by atoms with Crippen LogP contribution in [0.5, 0.6) is 5.75 Å². The van der Waals surface area contributed by atoms with Crippen molar-refractivity contribution < 1.29 is 13.7 Å². The summed E-state index contributed by atoms with van der Waals surface area (Å²) in [6, 6.07) is 4.25. The molecule has 6 heteroatoms. The maximum Gasteiger partial charge on any atom is 0.231 e. The first-order chi connectivity index (χ1) is 9.78. The van der Waals surface area contributed by atoms with Gasteiger partial charge < -0.3 is 14.6 Å². The van der Waals surface area contributed by atoms with Gasteiger partial charge in [0.05, 0.1) is 18.6 Å². The van der Waals surface area contributed by atoms with E-state index < -0.39 is 0 Å². The van der Waals surface area contributed by atoms with Crippen molar-refractivity contribution in [3.63, 3.8) is 0 Å². The summed E-state index contributed by atoms with van der Waals surface area (Å²) in [6.45, 7) is 1.86. The monoisotopic (exact) mass is 277 g/mol. The highest BCUT2D eigenvalue weighted by atomic mass is 19.1. The van der Waals surface area contributed by atoms with E-state index in [0.29, 0.717) is 23.0 Å². The Morgan fingerprint density at radius 3 is 3.10 bits per heavy atom. The number of halogens is 1. The molecule has 106 valence electrons. The Bertz CT molecular complexity index is 594. The summed E-state index contributed by atoms with van der Waals surface area (Å²) in [7, 11) is 1.53. The average molecular weight is 277 g/mol. The van der Waals surface area contributed by atoms with E-state index in [0.717, 1.165) is 25.9 Å². The van der Waals surface area contributed by atoms with Crippen LogP contribution in [-0.2, 0) is 0 Å². The molecule has 0 aliphatic carbocycles. The Labute approximate surface area is 116 Å². The molecule has 1 aliphatic rings. The molecule has 1 aliphatic heterocycles. The van der Waals surface area contributed by atoms with Gasteiger partial charge in [0, 0.05) is 6.54 Å². The Hall–Kier alpha value is -1.95. The number of piperidine rings is 1. The van der Waals surface area contributed by atoms with E-state index in [2.05, 4.69) is 15.5 Å². The Kier molecular flexibility index (Phi) is 3.64. The molecule has 0 radical (unpaired) electrons. The lowest BCUT2D eigenvalue weighted by Gasteiger charge is -2.18. The number of nitrogens with zero attached hydrogens (tertiary/aromatic N) is 2. The van der Waals surface area contributed by atoms with E-state index in [9.17, 15) is 4.39 Å². The molecule has 1 unspecified atom stereocenters. The molecule has 3 rings (SSSR count). The van der Waals surface area contributed by atoms with Crippen LogP contribution in [0.25, 0.3) is 11.4 Å². The number of nitrogens with one attached hydrogen (secondary N) is 1. The van der Waals surface area contributed by atoms with Crippen molar-refractivity contribution in [1.29, 1.82) is 0 Å². The van der Waals surface area contributed by atoms with E-state index in [1.807, 2.05) is 0 Å². The van der Waals surface area contributed by atoms with E-state index in [1.54, 1.807) is 6.07 Å². The molecule has 1 N–H and O–H groups in total.